The van der Waals surface area contributed by atoms with Gasteiger partial charge in [0.05, 0.1) is 12.0 Å². The third kappa shape index (κ3) is 2.70. The standard InChI is InChI=1S/C15H19N3O3/c1-9(19)18-7-10(8-18)15(21)17-13-4-2-3-12-11(13)5-6-14(20)16-12/h5-6,10,13H,2-4,7-8H2,1H3,(H,16,20)(H,17,21). The van der Waals surface area contributed by atoms with Crippen molar-refractivity contribution in [1.82, 2.24) is 15.2 Å². The predicted octanol–water partition coefficient (Wildman–Crippen LogP) is 0.347. The minimum absolute atomic E-state index is 0.00319. The van der Waals surface area contributed by atoms with E-state index in [0.717, 1.165) is 30.5 Å². The first-order valence-electron chi connectivity index (χ1n) is 7.32. The van der Waals surface area contributed by atoms with Crippen molar-refractivity contribution in [3.8, 4) is 0 Å². The Labute approximate surface area is 122 Å². The van der Waals surface area contributed by atoms with E-state index >= 15 is 0 Å². The molecule has 1 aliphatic heterocycles. The molecule has 1 saturated heterocycles. The minimum atomic E-state index is -0.109. The Morgan fingerprint density at radius 2 is 2.10 bits per heavy atom. The predicted molar refractivity (Wildman–Crippen MR) is 76.6 cm³/mol. The maximum absolute atomic E-state index is 12.2. The molecule has 0 spiro atoms. The summed E-state index contributed by atoms with van der Waals surface area (Å²) >= 11 is 0. The summed E-state index contributed by atoms with van der Waals surface area (Å²) in [5.41, 5.74) is 1.84. The van der Waals surface area contributed by atoms with Crippen molar-refractivity contribution in [2.45, 2.75) is 32.2 Å². The first-order valence-corrected chi connectivity index (χ1v) is 7.32. The van der Waals surface area contributed by atoms with Gasteiger partial charge in [0.1, 0.15) is 0 Å². The molecule has 2 heterocycles. The van der Waals surface area contributed by atoms with Crippen LogP contribution >= 0.6 is 0 Å². The second kappa shape index (κ2) is 5.35. The van der Waals surface area contributed by atoms with Crippen molar-refractivity contribution in [1.29, 1.82) is 0 Å². The summed E-state index contributed by atoms with van der Waals surface area (Å²) in [6, 6.07) is 3.27. The van der Waals surface area contributed by atoms with Crippen molar-refractivity contribution in [3.05, 3.63) is 33.7 Å². The average Bonchev–Trinajstić information content (AvgIpc) is 2.36. The maximum Gasteiger partial charge on any atom is 0.248 e. The second-order valence-corrected chi connectivity index (χ2v) is 5.83. The van der Waals surface area contributed by atoms with Crippen LogP contribution in [0.5, 0.6) is 0 Å². The lowest BCUT2D eigenvalue weighted by molar-refractivity contribution is -0.141. The third-order valence-electron chi connectivity index (χ3n) is 4.35. The fourth-order valence-electron chi connectivity index (χ4n) is 3.04. The van der Waals surface area contributed by atoms with Crippen LogP contribution in [0.2, 0.25) is 0 Å². The Morgan fingerprint density at radius 1 is 1.33 bits per heavy atom. The van der Waals surface area contributed by atoms with E-state index in [1.165, 1.54) is 13.0 Å². The van der Waals surface area contributed by atoms with E-state index in [9.17, 15) is 14.4 Å². The summed E-state index contributed by atoms with van der Waals surface area (Å²) in [7, 11) is 0. The fraction of sp³-hybridized carbons (Fsp3) is 0.533. The molecule has 1 unspecified atom stereocenters. The molecular formula is C15H19N3O3. The van der Waals surface area contributed by atoms with E-state index < -0.39 is 0 Å². The highest BCUT2D eigenvalue weighted by Crippen LogP contribution is 2.28. The molecule has 1 fully saturated rings. The number of aromatic nitrogens is 1. The van der Waals surface area contributed by atoms with Crippen LogP contribution in [0.3, 0.4) is 0 Å². The highest BCUT2D eigenvalue weighted by molar-refractivity contribution is 5.84. The molecule has 2 amide bonds. The van der Waals surface area contributed by atoms with E-state index in [-0.39, 0.29) is 29.3 Å². The molecular weight excluding hydrogens is 270 g/mol. The molecule has 6 heteroatoms. The van der Waals surface area contributed by atoms with Gasteiger partial charge in [0, 0.05) is 31.8 Å². The minimum Gasteiger partial charge on any atom is -0.349 e. The summed E-state index contributed by atoms with van der Waals surface area (Å²) < 4.78 is 0. The number of carbonyl (C=O) groups excluding carboxylic acids is 2. The quantitative estimate of drug-likeness (QED) is 0.824. The number of carbonyl (C=O) groups is 2. The zero-order valence-electron chi connectivity index (χ0n) is 12.0. The molecule has 1 aromatic heterocycles. The van der Waals surface area contributed by atoms with Gasteiger partial charge < -0.3 is 15.2 Å². The Bertz CT molecular complexity index is 631. The Balaban J connectivity index is 1.66. The highest BCUT2D eigenvalue weighted by atomic mass is 16.2. The van der Waals surface area contributed by atoms with Crippen LogP contribution in [-0.2, 0) is 16.0 Å². The zero-order valence-corrected chi connectivity index (χ0v) is 12.0. The third-order valence-corrected chi connectivity index (χ3v) is 4.35. The number of aryl methyl sites for hydroxylation is 1. The van der Waals surface area contributed by atoms with E-state index in [2.05, 4.69) is 10.3 Å². The van der Waals surface area contributed by atoms with E-state index in [4.69, 9.17) is 0 Å². The number of likely N-dealkylation sites (tertiary alicyclic amines) is 1. The van der Waals surface area contributed by atoms with Crippen LogP contribution in [0.15, 0.2) is 16.9 Å². The molecule has 1 aromatic rings. The molecule has 112 valence electrons. The summed E-state index contributed by atoms with van der Waals surface area (Å²) in [5.74, 6) is -0.0989. The topological polar surface area (TPSA) is 82.3 Å². The Kier molecular flexibility index (Phi) is 3.53. The monoisotopic (exact) mass is 289 g/mol. The lowest BCUT2D eigenvalue weighted by Crippen LogP contribution is -2.55. The number of hydrogen-bond donors (Lipinski definition) is 2. The molecule has 0 aromatic carbocycles. The van der Waals surface area contributed by atoms with Crippen molar-refractivity contribution < 1.29 is 9.59 Å². The zero-order chi connectivity index (χ0) is 15.0. The number of nitrogens with one attached hydrogen (secondary N) is 2. The van der Waals surface area contributed by atoms with Gasteiger partial charge in [-0.25, -0.2) is 0 Å². The summed E-state index contributed by atoms with van der Waals surface area (Å²) in [4.78, 5) is 39.2. The second-order valence-electron chi connectivity index (χ2n) is 5.83. The number of fused-ring (bicyclic) bond motifs is 1. The average molecular weight is 289 g/mol. The van der Waals surface area contributed by atoms with Crippen molar-refractivity contribution in [2.24, 2.45) is 5.92 Å². The molecule has 2 N–H and O–H groups in total. The molecule has 2 aliphatic rings. The van der Waals surface area contributed by atoms with Crippen molar-refractivity contribution in [2.75, 3.05) is 13.1 Å². The molecule has 21 heavy (non-hydrogen) atoms. The molecule has 0 bridgehead atoms. The van der Waals surface area contributed by atoms with Gasteiger partial charge in [-0.3, -0.25) is 14.4 Å². The van der Waals surface area contributed by atoms with Gasteiger partial charge in [0.25, 0.3) is 0 Å². The summed E-state index contributed by atoms with van der Waals surface area (Å²) in [6.07, 6.45) is 2.68. The van der Waals surface area contributed by atoms with Crippen LogP contribution in [0, 0.1) is 5.92 Å². The van der Waals surface area contributed by atoms with Gasteiger partial charge in [-0.15, -0.1) is 0 Å². The Hall–Kier alpha value is -2.11. The van der Waals surface area contributed by atoms with Crippen LogP contribution in [0.4, 0.5) is 0 Å². The van der Waals surface area contributed by atoms with Gasteiger partial charge in [-0.1, -0.05) is 0 Å². The number of H-pyrrole nitrogens is 1. The number of hydrogen-bond acceptors (Lipinski definition) is 3. The number of aromatic amines is 1. The van der Waals surface area contributed by atoms with Gasteiger partial charge in [0.15, 0.2) is 0 Å². The lowest BCUT2D eigenvalue weighted by Gasteiger charge is -2.38. The van der Waals surface area contributed by atoms with E-state index in [1.807, 2.05) is 0 Å². The molecule has 0 saturated carbocycles. The van der Waals surface area contributed by atoms with Crippen LogP contribution in [-0.4, -0.2) is 34.8 Å². The number of amides is 2. The number of rotatable bonds is 2. The normalized spacial score (nSPS) is 21.4. The van der Waals surface area contributed by atoms with Gasteiger partial charge >= 0.3 is 0 Å². The summed E-state index contributed by atoms with van der Waals surface area (Å²) in [5, 5.41) is 3.06. The number of pyridine rings is 1. The smallest absolute Gasteiger partial charge is 0.248 e. The first-order chi connectivity index (χ1) is 10.0. The molecule has 3 rings (SSSR count). The maximum atomic E-state index is 12.2. The van der Waals surface area contributed by atoms with Gasteiger partial charge in [-0.2, -0.15) is 0 Å². The van der Waals surface area contributed by atoms with Gasteiger partial charge in [-0.05, 0) is 30.9 Å². The van der Waals surface area contributed by atoms with Crippen LogP contribution in [0.25, 0.3) is 0 Å². The van der Waals surface area contributed by atoms with Crippen LogP contribution in [0.1, 0.15) is 37.1 Å². The van der Waals surface area contributed by atoms with Crippen LogP contribution < -0.4 is 10.9 Å². The Morgan fingerprint density at radius 3 is 2.81 bits per heavy atom. The molecule has 0 radical (unpaired) electrons. The molecule has 6 nitrogen and oxygen atoms in total. The number of nitrogens with zero attached hydrogens (tertiary/aromatic N) is 1. The van der Waals surface area contributed by atoms with E-state index in [0.29, 0.717) is 13.1 Å². The molecule has 1 atom stereocenters. The molecule has 1 aliphatic carbocycles. The highest BCUT2D eigenvalue weighted by Gasteiger charge is 2.35. The van der Waals surface area contributed by atoms with E-state index in [1.54, 1.807) is 11.0 Å². The SMILES string of the molecule is CC(=O)N1CC(C(=O)NC2CCCc3[nH]c(=O)ccc32)C1. The lowest BCUT2D eigenvalue weighted by atomic mass is 9.90. The largest absolute Gasteiger partial charge is 0.349 e. The van der Waals surface area contributed by atoms with Crippen molar-refractivity contribution in [3.63, 3.8) is 0 Å². The van der Waals surface area contributed by atoms with Crippen molar-refractivity contribution >= 4 is 11.8 Å². The van der Waals surface area contributed by atoms with Gasteiger partial charge in [0.2, 0.25) is 17.4 Å². The fourth-order valence-corrected chi connectivity index (χ4v) is 3.04. The summed E-state index contributed by atoms with van der Waals surface area (Å²) in [6.45, 7) is 2.53. The first kappa shape index (κ1) is 13.9.